The molecule has 1 aliphatic rings. The summed E-state index contributed by atoms with van der Waals surface area (Å²) in [6.07, 6.45) is 3.15. The monoisotopic (exact) mass is 361 g/mol. The van der Waals surface area contributed by atoms with Crippen LogP contribution in [-0.2, 0) is 11.3 Å². The molecular weight excluding hydrogens is 346 g/mol. The number of rotatable bonds is 5. The molecule has 130 valence electrons. The minimum atomic E-state index is -0.967. The van der Waals surface area contributed by atoms with Crippen LogP contribution in [0.25, 0.3) is 10.2 Å². The summed E-state index contributed by atoms with van der Waals surface area (Å²) in [4.78, 5) is 24.9. The lowest BCUT2D eigenvalue weighted by Gasteiger charge is -2.04. The van der Waals surface area contributed by atoms with E-state index in [1.807, 2.05) is 0 Å². The van der Waals surface area contributed by atoms with Crippen LogP contribution in [0.2, 0.25) is 0 Å². The summed E-state index contributed by atoms with van der Waals surface area (Å²) < 4.78 is 10.8. The maximum Gasteiger partial charge on any atom is 0.346 e. The van der Waals surface area contributed by atoms with Crippen LogP contribution in [0.1, 0.15) is 45.9 Å². The fourth-order valence-electron chi connectivity index (χ4n) is 2.81. The van der Waals surface area contributed by atoms with Gasteiger partial charge in [-0.3, -0.25) is 0 Å². The van der Waals surface area contributed by atoms with Crippen LogP contribution < -0.4 is 5.32 Å². The van der Waals surface area contributed by atoms with Crippen LogP contribution in [0.5, 0.6) is 0 Å². The van der Waals surface area contributed by atoms with Gasteiger partial charge >= 0.3 is 5.97 Å². The summed E-state index contributed by atoms with van der Waals surface area (Å²) in [5.41, 5.74) is 0.642. The van der Waals surface area contributed by atoms with Gasteiger partial charge in [-0.25, -0.2) is 14.8 Å². The van der Waals surface area contributed by atoms with Crippen LogP contribution in [0.15, 0.2) is 10.9 Å². The lowest BCUT2D eigenvalue weighted by atomic mass is 10.2. The molecule has 0 radical (unpaired) electrons. The van der Waals surface area contributed by atoms with Gasteiger partial charge in [-0.1, -0.05) is 5.16 Å². The number of anilines is 1. The van der Waals surface area contributed by atoms with Crippen molar-refractivity contribution in [3.8, 4) is 0 Å². The molecule has 1 aliphatic heterocycles. The quantitative estimate of drug-likeness (QED) is 0.705. The second-order valence-electron chi connectivity index (χ2n) is 5.67. The first kappa shape index (κ1) is 15.9. The normalized spacial score (nSPS) is 17.2. The fourth-order valence-corrected chi connectivity index (χ4v) is 3.80. The van der Waals surface area contributed by atoms with Crippen molar-refractivity contribution < 1.29 is 19.2 Å². The molecule has 3 aromatic rings. The van der Waals surface area contributed by atoms with Gasteiger partial charge in [0.2, 0.25) is 0 Å². The summed E-state index contributed by atoms with van der Waals surface area (Å²) in [7, 11) is 0. The Bertz CT molecular complexity index is 931. The van der Waals surface area contributed by atoms with E-state index < -0.39 is 5.97 Å². The first-order chi connectivity index (χ1) is 12.1. The standard InChI is InChI=1S/C15H15N5O4S/c1-7-10-12(17-6-18-14(10)25-11(7)15(21)22)16-5-9-19-13(24-20-9)8-3-2-4-23-8/h6,8H,2-5H2,1H3,(H,21,22)(H,16,17,18)/t8-/m0/s1. The van der Waals surface area contributed by atoms with Gasteiger partial charge in [0, 0.05) is 6.61 Å². The number of carboxylic acids is 1. The molecule has 0 unspecified atom stereocenters. The highest BCUT2D eigenvalue weighted by Gasteiger charge is 2.24. The molecular formula is C15H15N5O4S. The van der Waals surface area contributed by atoms with Gasteiger partial charge in [-0.05, 0) is 25.3 Å². The van der Waals surface area contributed by atoms with E-state index in [9.17, 15) is 9.90 Å². The zero-order chi connectivity index (χ0) is 17.4. The molecule has 1 fully saturated rings. The van der Waals surface area contributed by atoms with Crippen LogP contribution in [0.4, 0.5) is 5.82 Å². The zero-order valence-corrected chi connectivity index (χ0v) is 14.2. The van der Waals surface area contributed by atoms with E-state index in [1.54, 1.807) is 6.92 Å². The van der Waals surface area contributed by atoms with Gasteiger partial charge in [0.15, 0.2) is 5.82 Å². The van der Waals surface area contributed by atoms with E-state index in [0.29, 0.717) is 46.5 Å². The van der Waals surface area contributed by atoms with E-state index in [1.165, 1.54) is 6.33 Å². The van der Waals surface area contributed by atoms with E-state index in [-0.39, 0.29) is 11.0 Å². The van der Waals surface area contributed by atoms with Crippen LogP contribution >= 0.6 is 11.3 Å². The maximum absolute atomic E-state index is 11.3. The first-order valence-electron chi connectivity index (χ1n) is 7.79. The van der Waals surface area contributed by atoms with Crippen molar-refractivity contribution in [1.29, 1.82) is 0 Å². The molecule has 0 spiro atoms. The number of carboxylic acid groups (broad SMARTS) is 1. The third kappa shape index (κ3) is 2.94. The Morgan fingerprint density at radius 2 is 2.36 bits per heavy atom. The molecule has 0 amide bonds. The summed E-state index contributed by atoms with van der Waals surface area (Å²) in [5.74, 6) is 0.561. The summed E-state index contributed by atoms with van der Waals surface area (Å²) in [5, 5.41) is 17.1. The maximum atomic E-state index is 11.3. The molecule has 0 aliphatic carbocycles. The average Bonchev–Trinajstić information content (AvgIpc) is 3.32. The molecule has 2 N–H and O–H groups in total. The van der Waals surface area contributed by atoms with Crippen molar-refractivity contribution in [3.05, 3.63) is 28.5 Å². The van der Waals surface area contributed by atoms with Gasteiger partial charge in [-0.2, -0.15) is 4.98 Å². The Hall–Kier alpha value is -2.59. The van der Waals surface area contributed by atoms with Crippen molar-refractivity contribution in [2.75, 3.05) is 11.9 Å². The van der Waals surface area contributed by atoms with E-state index >= 15 is 0 Å². The van der Waals surface area contributed by atoms with Crippen molar-refractivity contribution in [2.45, 2.75) is 32.4 Å². The second kappa shape index (κ2) is 6.37. The Morgan fingerprint density at radius 1 is 1.48 bits per heavy atom. The van der Waals surface area contributed by atoms with E-state index in [4.69, 9.17) is 9.26 Å². The van der Waals surface area contributed by atoms with Gasteiger partial charge < -0.3 is 19.7 Å². The number of hydrogen-bond acceptors (Lipinski definition) is 9. The number of aromatic carboxylic acids is 1. The zero-order valence-electron chi connectivity index (χ0n) is 13.4. The lowest BCUT2D eigenvalue weighted by molar-refractivity contribution is 0.0701. The van der Waals surface area contributed by atoms with Gasteiger partial charge in [-0.15, -0.1) is 11.3 Å². The van der Waals surface area contributed by atoms with Crippen LogP contribution in [0.3, 0.4) is 0 Å². The summed E-state index contributed by atoms with van der Waals surface area (Å²) >= 11 is 1.13. The Labute approximate surface area is 146 Å². The molecule has 25 heavy (non-hydrogen) atoms. The number of ether oxygens (including phenoxy) is 1. The van der Waals surface area contributed by atoms with Gasteiger partial charge in [0.05, 0.1) is 11.9 Å². The molecule has 4 heterocycles. The third-order valence-corrected chi connectivity index (χ3v) is 5.21. The topological polar surface area (TPSA) is 123 Å². The number of carbonyl (C=O) groups is 1. The molecule has 0 bridgehead atoms. The highest BCUT2D eigenvalue weighted by molar-refractivity contribution is 7.20. The Kier molecular flexibility index (Phi) is 4.06. The Morgan fingerprint density at radius 3 is 3.12 bits per heavy atom. The molecule has 0 saturated carbocycles. The van der Waals surface area contributed by atoms with Crippen molar-refractivity contribution in [2.24, 2.45) is 0 Å². The third-order valence-electron chi connectivity index (χ3n) is 4.02. The highest BCUT2D eigenvalue weighted by atomic mass is 32.1. The largest absolute Gasteiger partial charge is 0.477 e. The van der Waals surface area contributed by atoms with E-state index in [0.717, 1.165) is 24.2 Å². The minimum absolute atomic E-state index is 0.121. The number of nitrogens with one attached hydrogen (secondary N) is 1. The predicted molar refractivity (Wildman–Crippen MR) is 88.7 cm³/mol. The highest BCUT2D eigenvalue weighted by Crippen LogP contribution is 2.33. The number of hydrogen-bond donors (Lipinski definition) is 2. The SMILES string of the molecule is Cc1c(C(=O)O)sc2ncnc(NCc3noc([C@@H]4CCCO4)n3)c12. The number of aromatic nitrogens is 4. The first-order valence-corrected chi connectivity index (χ1v) is 8.60. The van der Waals surface area contributed by atoms with Crippen molar-refractivity contribution >= 4 is 33.3 Å². The molecule has 0 aromatic carbocycles. The Balaban J connectivity index is 1.56. The smallest absolute Gasteiger partial charge is 0.346 e. The van der Waals surface area contributed by atoms with Gasteiger partial charge in [0.1, 0.15) is 28.0 Å². The summed E-state index contributed by atoms with van der Waals surface area (Å²) in [6.45, 7) is 2.77. The van der Waals surface area contributed by atoms with E-state index in [2.05, 4.69) is 25.4 Å². The molecule has 1 saturated heterocycles. The van der Waals surface area contributed by atoms with Crippen molar-refractivity contribution in [1.82, 2.24) is 20.1 Å². The van der Waals surface area contributed by atoms with Crippen molar-refractivity contribution in [3.63, 3.8) is 0 Å². The fraction of sp³-hybridized carbons (Fsp3) is 0.400. The number of nitrogens with zero attached hydrogens (tertiary/aromatic N) is 4. The predicted octanol–water partition coefficient (Wildman–Crippen LogP) is 2.54. The molecule has 9 nitrogen and oxygen atoms in total. The second-order valence-corrected chi connectivity index (χ2v) is 6.67. The van der Waals surface area contributed by atoms with Gasteiger partial charge in [0.25, 0.3) is 5.89 Å². The molecule has 1 atom stereocenters. The molecule has 4 rings (SSSR count). The number of aryl methyl sites for hydroxylation is 1. The molecule has 10 heteroatoms. The lowest BCUT2D eigenvalue weighted by Crippen LogP contribution is -2.05. The minimum Gasteiger partial charge on any atom is -0.477 e. The van der Waals surface area contributed by atoms with Crippen LogP contribution in [0, 0.1) is 6.92 Å². The number of thiophene rings is 1. The average molecular weight is 361 g/mol. The van der Waals surface area contributed by atoms with Crippen LogP contribution in [-0.4, -0.2) is 37.8 Å². The molecule has 3 aromatic heterocycles. The number of fused-ring (bicyclic) bond motifs is 1. The summed E-state index contributed by atoms with van der Waals surface area (Å²) in [6, 6.07) is 0.